The van der Waals surface area contributed by atoms with Gasteiger partial charge in [0.25, 0.3) is 0 Å². The molecule has 0 amide bonds. The standard InChI is InChI=1S/C5H14N2S/c1-5(2,8)4-7(3)6/h8H,4,6H2,1-3H3. The summed E-state index contributed by atoms with van der Waals surface area (Å²) in [5.41, 5.74) is 0. The molecule has 0 saturated carbocycles. The Morgan fingerprint density at radius 1 is 1.62 bits per heavy atom. The van der Waals surface area contributed by atoms with Crippen molar-refractivity contribution in [3.05, 3.63) is 0 Å². The van der Waals surface area contributed by atoms with Crippen molar-refractivity contribution in [2.75, 3.05) is 13.6 Å². The number of rotatable bonds is 2. The van der Waals surface area contributed by atoms with Gasteiger partial charge in [-0.2, -0.15) is 12.6 Å². The Hall–Kier alpha value is 0.270. The minimum absolute atomic E-state index is 0.0174. The smallest absolute Gasteiger partial charge is 0.0265 e. The number of hydrogen-bond donors (Lipinski definition) is 2. The van der Waals surface area contributed by atoms with Gasteiger partial charge < -0.3 is 0 Å². The molecule has 2 N–H and O–H groups in total. The third-order valence-electron chi connectivity index (χ3n) is 0.636. The molecule has 0 aromatic carbocycles. The summed E-state index contributed by atoms with van der Waals surface area (Å²) in [6.07, 6.45) is 0. The molecular formula is C5H14N2S. The highest BCUT2D eigenvalue weighted by Gasteiger charge is 2.11. The van der Waals surface area contributed by atoms with Gasteiger partial charge in [0, 0.05) is 18.3 Å². The van der Waals surface area contributed by atoms with Gasteiger partial charge in [0.1, 0.15) is 0 Å². The van der Waals surface area contributed by atoms with Crippen molar-refractivity contribution in [3.63, 3.8) is 0 Å². The van der Waals surface area contributed by atoms with E-state index >= 15 is 0 Å². The summed E-state index contributed by atoms with van der Waals surface area (Å²) in [6, 6.07) is 0. The van der Waals surface area contributed by atoms with Gasteiger partial charge in [0.05, 0.1) is 0 Å². The van der Waals surface area contributed by atoms with E-state index in [1.165, 1.54) is 0 Å². The lowest BCUT2D eigenvalue weighted by Gasteiger charge is -2.21. The molecule has 0 radical (unpaired) electrons. The van der Waals surface area contributed by atoms with Crippen LogP contribution >= 0.6 is 12.6 Å². The predicted octanol–water partition coefficient (Wildman–Crippen LogP) is 0.500. The predicted molar refractivity (Wildman–Crippen MR) is 39.9 cm³/mol. The van der Waals surface area contributed by atoms with Crippen LogP contribution in [0.3, 0.4) is 0 Å². The van der Waals surface area contributed by atoms with E-state index in [9.17, 15) is 0 Å². The van der Waals surface area contributed by atoms with Crippen LogP contribution in [-0.4, -0.2) is 23.3 Å². The Morgan fingerprint density at radius 2 is 2.00 bits per heavy atom. The second-order valence-electron chi connectivity index (χ2n) is 2.73. The first-order valence-corrected chi connectivity index (χ1v) is 3.05. The molecule has 0 aromatic rings. The van der Waals surface area contributed by atoms with E-state index < -0.39 is 0 Å². The van der Waals surface area contributed by atoms with E-state index in [2.05, 4.69) is 12.6 Å². The maximum atomic E-state index is 5.36. The highest BCUT2D eigenvalue weighted by atomic mass is 32.1. The lowest BCUT2D eigenvalue weighted by atomic mass is 10.2. The van der Waals surface area contributed by atoms with Crippen molar-refractivity contribution in [2.24, 2.45) is 5.84 Å². The van der Waals surface area contributed by atoms with Crippen molar-refractivity contribution in [1.29, 1.82) is 0 Å². The molecule has 50 valence electrons. The number of thiol groups is 1. The third-order valence-corrected chi connectivity index (χ3v) is 0.778. The molecule has 2 nitrogen and oxygen atoms in total. The summed E-state index contributed by atoms with van der Waals surface area (Å²) >= 11 is 4.27. The van der Waals surface area contributed by atoms with Gasteiger partial charge in [-0.1, -0.05) is 0 Å². The van der Waals surface area contributed by atoms with Gasteiger partial charge in [-0.15, -0.1) is 0 Å². The van der Waals surface area contributed by atoms with E-state index in [0.717, 1.165) is 6.54 Å². The van der Waals surface area contributed by atoms with Crippen molar-refractivity contribution in [2.45, 2.75) is 18.6 Å². The number of nitrogens with two attached hydrogens (primary N) is 1. The zero-order valence-corrected chi connectivity index (χ0v) is 6.57. The molecule has 8 heavy (non-hydrogen) atoms. The molecule has 0 aliphatic heterocycles. The van der Waals surface area contributed by atoms with Crippen LogP contribution in [0.25, 0.3) is 0 Å². The quantitative estimate of drug-likeness (QED) is 0.327. The van der Waals surface area contributed by atoms with Crippen LogP contribution in [0.15, 0.2) is 0 Å². The molecule has 0 heterocycles. The Kier molecular flexibility index (Phi) is 2.80. The molecule has 0 rings (SSSR count). The normalized spacial score (nSPS) is 12.8. The van der Waals surface area contributed by atoms with E-state index in [4.69, 9.17) is 5.84 Å². The third kappa shape index (κ3) is 6.27. The fourth-order valence-corrected chi connectivity index (χ4v) is 0.833. The number of nitrogens with zero attached hydrogens (tertiary/aromatic N) is 1. The van der Waals surface area contributed by atoms with Crippen LogP contribution in [0.2, 0.25) is 0 Å². The molecule has 0 fully saturated rings. The zero-order valence-electron chi connectivity index (χ0n) is 5.68. The van der Waals surface area contributed by atoms with Crippen LogP contribution in [0.5, 0.6) is 0 Å². The SMILES string of the molecule is CN(N)CC(C)(C)S. The fraction of sp³-hybridized carbons (Fsp3) is 1.00. The first kappa shape index (κ1) is 8.27. The molecule has 0 saturated heterocycles. The summed E-state index contributed by atoms with van der Waals surface area (Å²) in [5.74, 6) is 5.36. The highest BCUT2D eigenvalue weighted by molar-refractivity contribution is 7.81. The average molecular weight is 134 g/mol. The molecule has 3 heteroatoms. The second kappa shape index (κ2) is 2.71. The minimum Gasteiger partial charge on any atom is -0.269 e. The van der Waals surface area contributed by atoms with E-state index in [1.54, 1.807) is 5.01 Å². The average Bonchev–Trinajstić information content (AvgIpc) is 1.21. The maximum Gasteiger partial charge on any atom is 0.0265 e. The van der Waals surface area contributed by atoms with E-state index in [-0.39, 0.29) is 4.75 Å². The molecule has 0 bridgehead atoms. The number of hydrogen-bond acceptors (Lipinski definition) is 3. The first-order chi connectivity index (χ1) is 3.42. The minimum atomic E-state index is 0.0174. The zero-order chi connectivity index (χ0) is 6.78. The van der Waals surface area contributed by atoms with Gasteiger partial charge in [-0.3, -0.25) is 5.84 Å². The molecule has 0 unspecified atom stereocenters. The summed E-state index contributed by atoms with van der Waals surface area (Å²) in [5, 5.41) is 1.63. The Bertz CT molecular complexity index is 65.3. The van der Waals surface area contributed by atoms with Gasteiger partial charge in [-0.25, -0.2) is 5.01 Å². The largest absolute Gasteiger partial charge is 0.269 e. The van der Waals surface area contributed by atoms with Crippen molar-refractivity contribution < 1.29 is 0 Å². The van der Waals surface area contributed by atoms with Crippen molar-refractivity contribution in [3.8, 4) is 0 Å². The van der Waals surface area contributed by atoms with Crippen molar-refractivity contribution in [1.82, 2.24) is 5.01 Å². The summed E-state index contributed by atoms with van der Waals surface area (Å²) in [4.78, 5) is 0. The maximum absolute atomic E-state index is 5.36. The van der Waals surface area contributed by atoms with Gasteiger partial charge in [0.15, 0.2) is 0 Å². The van der Waals surface area contributed by atoms with E-state index in [1.807, 2.05) is 20.9 Å². The van der Waals surface area contributed by atoms with Crippen LogP contribution in [0.1, 0.15) is 13.8 Å². The topological polar surface area (TPSA) is 29.3 Å². The second-order valence-corrected chi connectivity index (χ2v) is 3.94. The number of hydrazine groups is 1. The molecular weight excluding hydrogens is 120 g/mol. The molecule has 0 aromatic heterocycles. The summed E-state index contributed by atoms with van der Waals surface area (Å²) in [7, 11) is 1.83. The molecule has 0 aliphatic carbocycles. The Balaban J connectivity index is 3.39. The molecule has 0 aliphatic rings. The van der Waals surface area contributed by atoms with Crippen LogP contribution < -0.4 is 5.84 Å². The monoisotopic (exact) mass is 134 g/mol. The lowest BCUT2D eigenvalue weighted by molar-refractivity contribution is 0.323. The fourth-order valence-electron chi connectivity index (χ4n) is 0.610. The van der Waals surface area contributed by atoms with Gasteiger partial charge in [0.2, 0.25) is 0 Å². The summed E-state index contributed by atoms with van der Waals surface area (Å²) < 4.78 is 0.0174. The Morgan fingerprint density at radius 3 is 2.00 bits per heavy atom. The van der Waals surface area contributed by atoms with Crippen molar-refractivity contribution >= 4 is 12.6 Å². The molecule has 0 spiro atoms. The van der Waals surface area contributed by atoms with E-state index in [0.29, 0.717) is 0 Å². The van der Waals surface area contributed by atoms with Crippen LogP contribution in [0, 0.1) is 0 Å². The van der Waals surface area contributed by atoms with Crippen LogP contribution in [0.4, 0.5) is 0 Å². The van der Waals surface area contributed by atoms with Crippen LogP contribution in [-0.2, 0) is 0 Å². The van der Waals surface area contributed by atoms with Gasteiger partial charge in [-0.05, 0) is 13.8 Å². The molecule has 0 atom stereocenters. The Labute approximate surface area is 56.4 Å². The van der Waals surface area contributed by atoms with Gasteiger partial charge >= 0.3 is 0 Å². The lowest BCUT2D eigenvalue weighted by Crippen LogP contribution is -2.36. The summed E-state index contributed by atoms with van der Waals surface area (Å²) in [6.45, 7) is 4.86. The highest BCUT2D eigenvalue weighted by Crippen LogP contribution is 2.10. The first-order valence-electron chi connectivity index (χ1n) is 2.60.